The molecule has 0 atom stereocenters. The van der Waals surface area contributed by atoms with Crippen LogP contribution in [-0.2, 0) is 9.53 Å². The van der Waals surface area contributed by atoms with Crippen LogP contribution >= 0.6 is 11.3 Å². The number of carbonyl (C=O) groups is 2. The number of benzene rings is 3. The van der Waals surface area contributed by atoms with Crippen LogP contribution in [0.2, 0.25) is 0 Å². The van der Waals surface area contributed by atoms with Crippen LogP contribution in [0, 0.1) is 13.8 Å². The zero-order valence-electron chi connectivity index (χ0n) is 19.8. The maximum absolute atomic E-state index is 13.2. The van der Waals surface area contributed by atoms with E-state index in [2.05, 4.69) is 10.3 Å². The highest BCUT2D eigenvalue weighted by Crippen LogP contribution is 2.30. The number of hydrogen-bond acceptors (Lipinski definition) is 6. The van der Waals surface area contributed by atoms with Gasteiger partial charge in [0.15, 0.2) is 11.7 Å². The Morgan fingerprint density at radius 3 is 2.36 bits per heavy atom. The number of aryl methyl sites for hydroxylation is 1. The number of nitrogens with one attached hydrogen (secondary N) is 1. The van der Waals surface area contributed by atoms with Gasteiger partial charge in [0, 0.05) is 21.9 Å². The molecule has 178 valence electrons. The van der Waals surface area contributed by atoms with Crippen LogP contribution in [0.5, 0.6) is 0 Å². The molecule has 2 aromatic heterocycles. The SMILES string of the molecule is Cc1ccc(-c2csc(NC(=O)COC(=O)c3c(C)c(-c4ccccc4)nc4ccccc34)n2)cc1. The minimum absolute atomic E-state index is 0.406. The first-order valence-corrected chi connectivity index (χ1v) is 12.3. The van der Waals surface area contributed by atoms with E-state index in [0.29, 0.717) is 32.9 Å². The van der Waals surface area contributed by atoms with Crippen molar-refractivity contribution < 1.29 is 14.3 Å². The van der Waals surface area contributed by atoms with Gasteiger partial charge >= 0.3 is 5.97 Å². The van der Waals surface area contributed by atoms with E-state index >= 15 is 0 Å². The number of rotatable bonds is 6. The van der Waals surface area contributed by atoms with Crippen LogP contribution in [0.4, 0.5) is 5.13 Å². The minimum atomic E-state index is -0.571. The van der Waals surface area contributed by atoms with Gasteiger partial charge in [-0.3, -0.25) is 10.1 Å². The number of hydrogen-bond donors (Lipinski definition) is 1. The fourth-order valence-electron chi connectivity index (χ4n) is 3.99. The van der Waals surface area contributed by atoms with E-state index in [0.717, 1.165) is 22.4 Å². The van der Waals surface area contributed by atoms with Gasteiger partial charge in [0.2, 0.25) is 0 Å². The molecular formula is C29H23N3O3S. The first-order chi connectivity index (χ1) is 17.5. The molecule has 6 nitrogen and oxygen atoms in total. The van der Waals surface area contributed by atoms with E-state index in [-0.39, 0.29) is 0 Å². The topological polar surface area (TPSA) is 81.2 Å². The zero-order chi connectivity index (χ0) is 25.1. The minimum Gasteiger partial charge on any atom is -0.452 e. The van der Waals surface area contributed by atoms with Crippen molar-refractivity contribution in [3.63, 3.8) is 0 Å². The van der Waals surface area contributed by atoms with Gasteiger partial charge in [-0.25, -0.2) is 14.8 Å². The Bertz CT molecular complexity index is 1560. The summed E-state index contributed by atoms with van der Waals surface area (Å²) >= 11 is 1.32. The lowest BCUT2D eigenvalue weighted by atomic mass is 9.98. The number of para-hydroxylation sites is 1. The van der Waals surface area contributed by atoms with E-state index in [9.17, 15) is 9.59 Å². The van der Waals surface area contributed by atoms with E-state index in [4.69, 9.17) is 9.72 Å². The molecule has 36 heavy (non-hydrogen) atoms. The second-order valence-corrected chi connectivity index (χ2v) is 9.23. The molecule has 0 radical (unpaired) electrons. The summed E-state index contributed by atoms with van der Waals surface area (Å²) in [4.78, 5) is 35.0. The number of nitrogens with zero attached hydrogens (tertiary/aromatic N) is 2. The van der Waals surface area contributed by atoms with Gasteiger partial charge < -0.3 is 4.74 Å². The Hall–Kier alpha value is -4.36. The Labute approximate surface area is 212 Å². The Morgan fingerprint density at radius 2 is 1.58 bits per heavy atom. The Balaban J connectivity index is 1.33. The van der Waals surface area contributed by atoms with E-state index in [1.165, 1.54) is 11.3 Å². The maximum atomic E-state index is 13.2. The number of anilines is 1. The van der Waals surface area contributed by atoms with Gasteiger partial charge in [-0.15, -0.1) is 11.3 Å². The highest BCUT2D eigenvalue weighted by molar-refractivity contribution is 7.14. The first-order valence-electron chi connectivity index (χ1n) is 11.4. The van der Waals surface area contributed by atoms with Gasteiger partial charge in [-0.2, -0.15) is 0 Å². The monoisotopic (exact) mass is 493 g/mol. The summed E-state index contributed by atoms with van der Waals surface area (Å²) in [6.07, 6.45) is 0. The molecule has 0 fully saturated rings. The summed E-state index contributed by atoms with van der Waals surface area (Å²) < 4.78 is 5.44. The number of esters is 1. The summed E-state index contributed by atoms with van der Waals surface area (Å²) in [6, 6.07) is 25.1. The molecule has 5 aromatic rings. The summed E-state index contributed by atoms with van der Waals surface area (Å²) in [6.45, 7) is 3.45. The van der Waals surface area contributed by atoms with Gasteiger partial charge in [0.25, 0.3) is 5.91 Å². The van der Waals surface area contributed by atoms with Gasteiger partial charge in [-0.1, -0.05) is 78.4 Å². The number of fused-ring (bicyclic) bond motifs is 1. The standard InChI is InChI=1S/C29H23N3O3S/c1-18-12-14-20(15-13-18)24-17-36-29(31-24)32-25(33)16-35-28(34)26-19(2)27(21-8-4-3-5-9-21)30-23-11-7-6-10-22(23)26/h3-15,17H,16H2,1-2H3,(H,31,32,33). The predicted octanol–water partition coefficient (Wildman–Crippen LogP) is 6.44. The Kier molecular flexibility index (Phi) is 6.56. The molecule has 0 aliphatic rings. The third kappa shape index (κ3) is 4.87. The quantitative estimate of drug-likeness (QED) is 0.275. The van der Waals surface area contributed by atoms with Crippen molar-refractivity contribution in [2.24, 2.45) is 0 Å². The van der Waals surface area contributed by atoms with Gasteiger partial charge in [-0.05, 0) is 25.5 Å². The molecule has 0 aliphatic heterocycles. The van der Waals surface area contributed by atoms with Crippen LogP contribution < -0.4 is 5.32 Å². The number of ether oxygens (including phenoxy) is 1. The lowest BCUT2D eigenvalue weighted by Gasteiger charge is -2.14. The molecule has 2 heterocycles. The van der Waals surface area contributed by atoms with Crippen LogP contribution in [0.15, 0.2) is 84.2 Å². The molecule has 0 aliphatic carbocycles. The summed E-state index contributed by atoms with van der Waals surface area (Å²) in [5.41, 5.74) is 6.31. The maximum Gasteiger partial charge on any atom is 0.339 e. The van der Waals surface area contributed by atoms with Crippen molar-refractivity contribution in [1.82, 2.24) is 9.97 Å². The molecule has 0 saturated heterocycles. The number of pyridine rings is 1. The second-order valence-electron chi connectivity index (χ2n) is 8.37. The zero-order valence-corrected chi connectivity index (χ0v) is 20.6. The summed E-state index contributed by atoms with van der Waals surface area (Å²) in [7, 11) is 0. The molecule has 3 aromatic carbocycles. The van der Waals surface area contributed by atoms with E-state index in [1.54, 1.807) is 0 Å². The van der Waals surface area contributed by atoms with Crippen molar-refractivity contribution >= 4 is 39.2 Å². The lowest BCUT2D eigenvalue weighted by Crippen LogP contribution is -2.21. The van der Waals surface area contributed by atoms with Crippen LogP contribution in [0.3, 0.4) is 0 Å². The largest absolute Gasteiger partial charge is 0.452 e. The molecule has 5 rings (SSSR count). The average Bonchev–Trinajstić information content (AvgIpc) is 3.36. The molecule has 0 spiro atoms. The molecule has 0 saturated carbocycles. The fourth-order valence-corrected chi connectivity index (χ4v) is 4.73. The van der Waals surface area contributed by atoms with Crippen LogP contribution in [0.1, 0.15) is 21.5 Å². The van der Waals surface area contributed by atoms with Crippen molar-refractivity contribution in [3.8, 4) is 22.5 Å². The molecule has 7 heteroatoms. The first kappa shape index (κ1) is 23.4. The highest BCUT2D eigenvalue weighted by Gasteiger charge is 2.21. The fraction of sp³-hybridized carbons (Fsp3) is 0.103. The molecule has 0 unspecified atom stereocenters. The van der Waals surface area contributed by atoms with Crippen LogP contribution in [-0.4, -0.2) is 28.5 Å². The third-order valence-electron chi connectivity index (χ3n) is 5.82. The smallest absolute Gasteiger partial charge is 0.339 e. The number of thiazole rings is 1. The number of aromatic nitrogens is 2. The van der Waals surface area contributed by atoms with E-state index in [1.807, 2.05) is 98.1 Å². The summed E-state index contributed by atoms with van der Waals surface area (Å²) in [5, 5.41) is 5.73. The third-order valence-corrected chi connectivity index (χ3v) is 6.58. The van der Waals surface area contributed by atoms with E-state index < -0.39 is 18.5 Å². The Morgan fingerprint density at radius 1 is 0.861 bits per heavy atom. The highest BCUT2D eigenvalue weighted by atomic mass is 32.1. The lowest BCUT2D eigenvalue weighted by molar-refractivity contribution is -0.119. The predicted molar refractivity (Wildman–Crippen MR) is 143 cm³/mol. The normalized spacial score (nSPS) is 10.8. The van der Waals surface area contributed by atoms with Crippen molar-refractivity contribution in [3.05, 3.63) is 101 Å². The number of amides is 1. The van der Waals surface area contributed by atoms with Gasteiger partial charge in [0.05, 0.1) is 22.5 Å². The van der Waals surface area contributed by atoms with Gasteiger partial charge in [0.1, 0.15) is 0 Å². The van der Waals surface area contributed by atoms with Crippen molar-refractivity contribution in [2.75, 3.05) is 11.9 Å². The van der Waals surface area contributed by atoms with Crippen molar-refractivity contribution in [2.45, 2.75) is 13.8 Å². The summed E-state index contributed by atoms with van der Waals surface area (Å²) in [5.74, 6) is -1.02. The number of carbonyl (C=O) groups excluding carboxylic acids is 2. The molecule has 0 bridgehead atoms. The molecule has 1 amide bonds. The molecular weight excluding hydrogens is 470 g/mol. The average molecular weight is 494 g/mol. The molecule has 1 N–H and O–H groups in total. The van der Waals surface area contributed by atoms with Crippen LogP contribution in [0.25, 0.3) is 33.4 Å². The second kappa shape index (κ2) is 10.1. The van der Waals surface area contributed by atoms with Crippen molar-refractivity contribution in [1.29, 1.82) is 0 Å².